The molecule has 0 aromatic heterocycles. The van der Waals surface area contributed by atoms with Crippen molar-refractivity contribution < 1.29 is 9.53 Å². The van der Waals surface area contributed by atoms with Crippen LogP contribution in [-0.4, -0.2) is 12.2 Å². The zero-order valence-electron chi connectivity index (χ0n) is 6.37. The van der Waals surface area contributed by atoms with Crippen molar-refractivity contribution in [3.05, 3.63) is 28.2 Å². The van der Waals surface area contributed by atoms with E-state index in [4.69, 9.17) is 4.74 Å². The van der Waals surface area contributed by atoms with Crippen molar-refractivity contribution in [1.29, 1.82) is 0 Å². The number of rotatable bonds is 2. The van der Waals surface area contributed by atoms with E-state index < -0.39 is 0 Å². The van der Waals surface area contributed by atoms with Crippen molar-refractivity contribution in [1.82, 2.24) is 0 Å². The Morgan fingerprint density at radius 2 is 2.25 bits per heavy atom. The number of thiol groups is 1. The molecular weight excluding hydrogens is 240 g/mol. The first-order valence-electron chi connectivity index (χ1n) is 3.22. The number of methoxy groups -OCH3 is 1. The summed E-state index contributed by atoms with van der Waals surface area (Å²) in [5.74, 6) is 0.702. The molecule has 4 heteroatoms. The highest BCUT2D eigenvalue weighted by atomic mass is 79.9. The predicted molar refractivity (Wildman–Crippen MR) is 54.0 cm³/mol. The fourth-order valence-corrected chi connectivity index (χ4v) is 1.48. The third-order valence-corrected chi connectivity index (χ3v) is 2.28. The zero-order chi connectivity index (χ0) is 9.14. The molecule has 0 aliphatic carbocycles. The molecular formula is C8H7BrO2S. The Bertz CT molecular complexity index is 312. The van der Waals surface area contributed by atoms with Gasteiger partial charge in [0.05, 0.1) is 11.6 Å². The third-order valence-electron chi connectivity index (χ3n) is 1.40. The Hall–Kier alpha value is -0.480. The summed E-state index contributed by atoms with van der Waals surface area (Å²) in [4.78, 5) is 10.8. The summed E-state index contributed by atoms with van der Waals surface area (Å²) in [6.45, 7) is 0. The molecule has 1 rings (SSSR count). The van der Waals surface area contributed by atoms with E-state index in [0.29, 0.717) is 11.3 Å². The van der Waals surface area contributed by atoms with E-state index in [-0.39, 0.29) is 5.12 Å². The van der Waals surface area contributed by atoms with Crippen LogP contribution in [0.4, 0.5) is 0 Å². The second-order valence-corrected chi connectivity index (χ2v) is 3.41. The minimum atomic E-state index is -0.252. The van der Waals surface area contributed by atoms with Gasteiger partial charge in [-0.15, -0.1) is 12.6 Å². The average Bonchev–Trinajstić information content (AvgIpc) is 2.04. The van der Waals surface area contributed by atoms with Crippen molar-refractivity contribution in [3.63, 3.8) is 0 Å². The standard InChI is InChI=1S/C8H7BrO2S/c1-11-7-3-2-5(8(10)12)4-6(7)9/h2-4H,1H3,(H,10,12). The zero-order valence-corrected chi connectivity index (χ0v) is 8.85. The van der Waals surface area contributed by atoms with E-state index in [1.165, 1.54) is 0 Å². The quantitative estimate of drug-likeness (QED) is 0.813. The van der Waals surface area contributed by atoms with Crippen LogP contribution in [0.5, 0.6) is 5.75 Å². The van der Waals surface area contributed by atoms with E-state index >= 15 is 0 Å². The lowest BCUT2D eigenvalue weighted by Crippen LogP contribution is -1.90. The smallest absolute Gasteiger partial charge is 0.216 e. The molecule has 0 saturated carbocycles. The van der Waals surface area contributed by atoms with Gasteiger partial charge in [0.1, 0.15) is 5.75 Å². The van der Waals surface area contributed by atoms with Gasteiger partial charge in [-0.2, -0.15) is 0 Å². The van der Waals surface area contributed by atoms with Gasteiger partial charge < -0.3 is 4.74 Å². The highest BCUT2D eigenvalue weighted by molar-refractivity contribution is 9.10. The molecule has 1 aromatic rings. The average molecular weight is 247 g/mol. The minimum absolute atomic E-state index is 0.252. The summed E-state index contributed by atoms with van der Waals surface area (Å²) in [5, 5.41) is -0.252. The lowest BCUT2D eigenvalue weighted by atomic mass is 10.2. The monoisotopic (exact) mass is 246 g/mol. The second-order valence-electron chi connectivity index (χ2n) is 2.15. The van der Waals surface area contributed by atoms with Gasteiger partial charge in [-0.05, 0) is 34.1 Å². The lowest BCUT2D eigenvalue weighted by molar-refractivity contribution is 0.109. The first-order valence-corrected chi connectivity index (χ1v) is 4.46. The van der Waals surface area contributed by atoms with E-state index in [9.17, 15) is 4.79 Å². The normalized spacial score (nSPS) is 9.58. The van der Waals surface area contributed by atoms with Crippen LogP contribution in [0.25, 0.3) is 0 Å². The molecule has 0 unspecified atom stereocenters. The summed E-state index contributed by atoms with van der Waals surface area (Å²) in [5.41, 5.74) is 0.547. The van der Waals surface area contributed by atoms with Crippen molar-refractivity contribution in [3.8, 4) is 5.75 Å². The molecule has 0 amide bonds. The molecule has 12 heavy (non-hydrogen) atoms. The van der Waals surface area contributed by atoms with Crippen LogP contribution < -0.4 is 4.74 Å². The number of halogens is 1. The molecule has 0 saturated heterocycles. The Balaban J connectivity index is 3.10. The molecule has 0 bridgehead atoms. The molecule has 0 atom stereocenters. The van der Waals surface area contributed by atoms with Crippen LogP contribution in [0.15, 0.2) is 22.7 Å². The van der Waals surface area contributed by atoms with Crippen LogP contribution in [0.2, 0.25) is 0 Å². The fourth-order valence-electron chi connectivity index (χ4n) is 0.799. The van der Waals surface area contributed by atoms with Gasteiger partial charge in [-0.25, -0.2) is 0 Å². The molecule has 1 aromatic carbocycles. The molecule has 0 N–H and O–H groups in total. The van der Waals surface area contributed by atoms with Gasteiger partial charge in [0, 0.05) is 5.56 Å². The number of hydrogen-bond donors (Lipinski definition) is 1. The maximum absolute atomic E-state index is 10.8. The van der Waals surface area contributed by atoms with Gasteiger partial charge in [0.15, 0.2) is 0 Å². The molecule has 0 fully saturated rings. The highest BCUT2D eigenvalue weighted by Gasteiger charge is 2.04. The number of ether oxygens (including phenoxy) is 1. The molecule has 0 radical (unpaired) electrons. The molecule has 0 aliphatic heterocycles. The van der Waals surface area contributed by atoms with Gasteiger partial charge in [0.25, 0.3) is 0 Å². The Kier molecular flexibility index (Phi) is 3.17. The van der Waals surface area contributed by atoms with Crippen LogP contribution >= 0.6 is 28.6 Å². The van der Waals surface area contributed by atoms with Crippen LogP contribution in [0.1, 0.15) is 10.4 Å². The Labute approximate surface area is 84.5 Å². The first-order chi connectivity index (χ1) is 5.65. The van der Waals surface area contributed by atoms with Crippen molar-refractivity contribution in [2.45, 2.75) is 0 Å². The molecule has 2 nitrogen and oxygen atoms in total. The third kappa shape index (κ3) is 2.01. The number of hydrogen-bond acceptors (Lipinski definition) is 2. The summed E-state index contributed by atoms with van der Waals surface area (Å²) < 4.78 is 5.75. The summed E-state index contributed by atoms with van der Waals surface area (Å²) >= 11 is 6.96. The van der Waals surface area contributed by atoms with Gasteiger partial charge in [-0.3, -0.25) is 4.79 Å². The predicted octanol–water partition coefficient (Wildman–Crippen LogP) is 2.53. The summed E-state index contributed by atoms with van der Waals surface area (Å²) in [6.07, 6.45) is 0. The number of carbonyl (C=O) groups excluding carboxylic acids is 1. The largest absolute Gasteiger partial charge is 0.496 e. The molecule has 64 valence electrons. The van der Waals surface area contributed by atoms with E-state index in [0.717, 1.165) is 4.47 Å². The maximum Gasteiger partial charge on any atom is 0.216 e. The van der Waals surface area contributed by atoms with Gasteiger partial charge in [-0.1, -0.05) is 0 Å². The fraction of sp³-hybridized carbons (Fsp3) is 0.125. The van der Waals surface area contributed by atoms with Gasteiger partial charge >= 0.3 is 0 Å². The van der Waals surface area contributed by atoms with Crippen LogP contribution in [0.3, 0.4) is 0 Å². The molecule has 0 aliphatic rings. The maximum atomic E-state index is 10.8. The van der Waals surface area contributed by atoms with Crippen molar-refractivity contribution in [2.75, 3.05) is 7.11 Å². The molecule has 0 spiro atoms. The van der Waals surface area contributed by atoms with E-state index in [1.807, 2.05) is 0 Å². The summed E-state index contributed by atoms with van der Waals surface area (Å²) in [7, 11) is 1.57. The highest BCUT2D eigenvalue weighted by Crippen LogP contribution is 2.25. The Morgan fingerprint density at radius 1 is 1.58 bits per heavy atom. The van der Waals surface area contributed by atoms with E-state index in [2.05, 4.69) is 28.6 Å². The molecule has 0 heterocycles. The van der Waals surface area contributed by atoms with Crippen LogP contribution in [-0.2, 0) is 0 Å². The van der Waals surface area contributed by atoms with Gasteiger partial charge in [0.2, 0.25) is 5.12 Å². The Morgan fingerprint density at radius 3 is 2.67 bits per heavy atom. The minimum Gasteiger partial charge on any atom is -0.496 e. The van der Waals surface area contributed by atoms with E-state index in [1.54, 1.807) is 25.3 Å². The van der Waals surface area contributed by atoms with Crippen molar-refractivity contribution >= 4 is 33.7 Å². The summed E-state index contributed by atoms with van der Waals surface area (Å²) in [6, 6.07) is 5.06. The number of carbonyl (C=O) groups is 1. The lowest BCUT2D eigenvalue weighted by Gasteiger charge is -2.02. The second kappa shape index (κ2) is 3.96. The van der Waals surface area contributed by atoms with Crippen LogP contribution in [0, 0.1) is 0 Å². The van der Waals surface area contributed by atoms with Crippen molar-refractivity contribution in [2.24, 2.45) is 0 Å². The topological polar surface area (TPSA) is 26.3 Å². The SMILES string of the molecule is COc1ccc(C(=O)S)cc1Br. The number of benzene rings is 1. The first kappa shape index (κ1) is 9.61.